The maximum absolute atomic E-state index is 13.5. The molecule has 6 heteroatoms. The van der Waals surface area contributed by atoms with Gasteiger partial charge >= 0.3 is 6.09 Å². The Kier molecular flexibility index (Phi) is 7.44. The lowest BCUT2D eigenvalue weighted by Gasteiger charge is -2.46. The molecule has 0 N–H and O–H groups in total. The van der Waals surface area contributed by atoms with Crippen LogP contribution in [0.25, 0.3) is 0 Å². The van der Waals surface area contributed by atoms with Crippen LogP contribution in [0.2, 0.25) is 0 Å². The van der Waals surface area contributed by atoms with Gasteiger partial charge in [0, 0.05) is 18.5 Å². The monoisotopic (exact) mass is 438 g/mol. The predicted octanol–water partition coefficient (Wildman–Crippen LogP) is 5.18. The molecule has 1 fully saturated rings. The zero-order valence-corrected chi connectivity index (χ0v) is 19.7. The predicted molar refractivity (Wildman–Crippen MR) is 124 cm³/mol. The third-order valence-electron chi connectivity index (χ3n) is 5.72. The fourth-order valence-corrected chi connectivity index (χ4v) is 4.34. The summed E-state index contributed by atoms with van der Waals surface area (Å²) in [6, 6.07) is 17.2. The number of ether oxygens (including phenoxy) is 2. The average molecular weight is 439 g/mol. The van der Waals surface area contributed by atoms with Crippen molar-refractivity contribution >= 4 is 12.0 Å². The molecule has 3 rings (SSSR count). The van der Waals surface area contributed by atoms with Crippen molar-refractivity contribution in [2.24, 2.45) is 0 Å². The fraction of sp³-hybridized carbons (Fsp3) is 0.462. The van der Waals surface area contributed by atoms with Gasteiger partial charge in [-0.25, -0.2) is 4.79 Å². The molecule has 1 aliphatic heterocycles. The van der Waals surface area contributed by atoms with Gasteiger partial charge in [-0.2, -0.15) is 0 Å². The van der Waals surface area contributed by atoms with E-state index in [2.05, 4.69) is 0 Å². The number of hydrogen-bond acceptors (Lipinski definition) is 4. The number of carbonyl (C=O) groups is 2. The molecule has 1 aliphatic rings. The number of likely N-dealkylation sites (tertiary alicyclic amines) is 1. The number of likely N-dealkylation sites (N-methyl/N-ethyl adjacent to an activating group) is 1. The Labute approximate surface area is 191 Å². The molecule has 0 saturated carbocycles. The van der Waals surface area contributed by atoms with E-state index in [9.17, 15) is 9.59 Å². The van der Waals surface area contributed by atoms with Crippen LogP contribution in [0.15, 0.2) is 54.6 Å². The summed E-state index contributed by atoms with van der Waals surface area (Å²) in [6.07, 6.45) is 0.579. The molecular formula is C26H34N2O4. The van der Waals surface area contributed by atoms with Crippen molar-refractivity contribution in [2.45, 2.75) is 64.8 Å². The van der Waals surface area contributed by atoms with Gasteiger partial charge in [0.1, 0.15) is 11.4 Å². The zero-order valence-electron chi connectivity index (χ0n) is 19.7. The first-order chi connectivity index (χ1) is 15.2. The Hall–Kier alpha value is -3.02. The first-order valence-electron chi connectivity index (χ1n) is 11.2. The summed E-state index contributed by atoms with van der Waals surface area (Å²) in [5.74, 6) is 0.829. The van der Waals surface area contributed by atoms with Gasteiger partial charge in [-0.05, 0) is 45.7 Å². The largest absolute Gasteiger partial charge is 0.496 e. The summed E-state index contributed by atoms with van der Waals surface area (Å²) in [6.45, 7) is 8.48. The topological polar surface area (TPSA) is 59.1 Å². The number of nitrogens with zero attached hydrogens (tertiary/aromatic N) is 2. The highest BCUT2D eigenvalue weighted by Gasteiger charge is 2.42. The summed E-state index contributed by atoms with van der Waals surface area (Å²) >= 11 is 0. The second kappa shape index (κ2) is 10.1. The minimum absolute atomic E-state index is 0.110. The van der Waals surface area contributed by atoms with Crippen LogP contribution in [0.5, 0.6) is 5.75 Å². The van der Waals surface area contributed by atoms with Crippen LogP contribution in [-0.4, -0.2) is 47.1 Å². The van der Waals surface area contributed by atoms with Crippen molar-refractivity contribution in [3.63, 3.8) is 0 Å². The molecule has 1 heterocycles. The lowest BCUT2D eigenvalue weighted by atomic mass is 9.88. The van der Waals surface area contributed by atoms with E-state index in [4.69, 9.17) is 9.47 Å². The smallest absolute Gasteiger partial charge is 0.410 e. The minimum Gasteiger partial charge on any atom is -0.496 e. The molecule has 0 aliphatic carbocycles. The van der Waals surface area contributed by atoms with Gasteiger partial charge in [-0.1, -0.05) is 48.5 Å². The van der Waals surface area contributed by atoms with Gasteiger partial charge < -0.3 is 14.4 Å². The molecule has 0 unspecified atom stereocenters. The Morgan fingerprint density at radius 1 is 1.09 bits per heavy atom. The standard InChI is InChI=1S/C26H34N2O4/c1-6-27-23(29)17-16-21(24(27)19-12-8-7-9-13-19)28(25(30)32-26(2,3)4)18-20-14-10-11-15-22(20)31-5/h7-15,21,24H,6,16-18H2,1-5H3/t21-,24-/m1/s1. The molecule has 172 valence electrons. The molecule has 0 radical (unpaired) electrons. The molecule has 1 saturated heterocycles. The lowest BCUT2D eigenvalue weighted by molar-refractivity contribution is -0.139. The van der Waals surface area contributed by atoms with Gasteiger partial charge in [0.05, 0.1) is 25.7 Å². The highest BCUT2D eigenvalue weighted by molar-refractivity contribution is 5.78. The van der Waals surface area contributed by atoms with Crippen molar-refractivity contribution < 1.29 is 19.1 Å². The molecule has 0 aromatic heterocycles. The van der Waals surface area contributed by atoms with E-state index < -0.39 is 5.60 Å². The summed E-state index contributed by atoms with van der Waals surface area (Å²) in [5, 5.41) is 0. The zero-order chi connectivity index (χ0) is 23.3. The summed E-state index contributed by atoms with van der Waals surface area (Å²) < 4.78 is 11.4. The molecule has 6 nitrogen and oxygen atoms in total. The molecule has 0 spiro atoms. The van der Waals surface area contributed by atoms with Gasteiger partial charge in [0.2, 0.25) is 5.91 Å². The highest BCUT2D eigenvalue weighted by Crippen LogP contribution is 2.37. The first-order valence-corrected chi connectivity index (χ1v) is 11.2. The average Bonchev–Trinajstić information content (AvgIpc) is 2.77. The van der Waals surface area contributed by atoms with E-state index in [1.54, 1.807) is 12.0 Å². The van der Waals surface area contributed by atoms with Crippen molar-refractivity contribution in [3.05, 3.63) is 65.7 Å². The fourth-order valence-electron chi connectivity index (χ4n) is 4.34. The van der Waals surface area contributed by atoms with Gasteiger partial charge in [-0.3, -0.25) is 9.69 Å². The molecule has 2 amide bonds. The normalized spacial score (nSPS) is 18.9. The second-order valence-electron chi connectivity index (χ2n) is 9.06. The Morgan fingerprint density at radius 2 is 1.75 bits per heavy atom. The number of methoxy groups -OCH3 is 1. The van der Waals surface area contributed by atoms with Crippen molar-refractivity contribution in [1.29, 1.82) is 0 Å². The van der Waals surface area contributed by atoms with Gasteiger partial charge in [0.25, 0.3) is 0 Å². The number of para-hydroxylation sites is 1. The molecule has 2 aromatic rings. The van der Waals surface area contributed by atoms with Gasteiger partial charge in [-0.15, -0.1) is 0 Å². The van der Waals surface area contributed by atoms with Crippen LogP contribution < -0.4 is 4.74 Å². The molecule has 2 atom stereocenters. The van der Waals surface area contributed by atoms with E-state index in [1.807, 2.05) is 87.2 Å². The SMILES string of the molecule is CCN1C(=O)CC[C@@H](N(Cc2ccccc2OC)C(=O)OC(C)(C)C)[C@H]1c1ccccc1. The van der Waals surface area contributed by atoms with E-state index >= 15 is 0 Å². The highest BCUT2D eigenvalue weighted by atomic mass is 16.6. The Morgan fingerprint density at radius 3 is 2.38 bits per heavy atom. The number of rotatable bonds is 6. The van der Waals surface area contributed by atoms with Crippen molar-refractivity contribution in [1.82, 2.24) is 9.80 Å². The van der Waals surface area contributed by atoms with E-state index in [0.29, 0.717) is 25.9 Å². The maximum Gasteiger partial charge on any atom is 0.410 e. The third-order valence-corrected chi connectivity index (χ3v) is 5.72. The quantitative estimate of drug-likeness (QED) is 0.623. The van der Waals surface area contributed by atoms with Crippen LogP contribution in [0, 0.1) is 0 Å². The Bertz CT molecular complexity index is 923. The molecule has 32 heavy (non-hydrogen) atoms. The minimum atomic E-state index is -0.632. The summed E-state index contributed by atoms with van der Waals surface area (Å²) in [4.78, 5) is 29.9. The van der Waals surface area contributed by atoms with Gasteiger partial charge in [0.15, 0.2) is 0 Å². The summed E-state index contributed by atoms with van der Waals surface area (Å²) in [5.41, 5.74) is 1.28. The molecular weight excluding hydrogens is 404 g/mol. The second-order valence-corrected chi connectivity index (χ2v) is 9.06. The van der Waals surface area contributed by atoms with E-state index in [0.717, 1.165) is 16.9 Å². The Balaban J connectivity index is 2.06. The number of amides is 2. The van der Waals surface area contributed by atoms with Crippen LogP contribution >= 0.6 is 0 Å². The molecule has 0 bridgehead atoms. The lowest BCUT2D eigenvalue weighted by Crippen LogP contribution is -2.54. The van der Waals surface area contributed by atoms with Crippen molar-refractivity contribution in [3.8, 4) is 5.75 Å². The summed E-state index contributed by atoms with van der Waals surface area (Å²) in [7, 11) is 1.63. The van der Waals surface area contributed by atoms with Crippen molar-refractivity contribution in [2.75, 3.05) is 13.7 Å². The first kappa shape index (κ1) is 23.6. The number of piperidine rings is 1. The van der Waals surface area contributed by atoms with E-state index in [-0.39, 0.29) is 24.1 Å². The van der Waals surface area contributed by atoms with Crippen LogP contribution in [-0.2, 0) is 16.1 Å². The van der Waals surface area contributed by atoms with Crippen LogP contribution in [0.3, 0.4) is 0 Å². The maximum atomic E-state index is 13.5. The van der Waals surface area contributed by atoms with E-state index in [1.165, 1.54) is 0 Å². The number of carbonyl (C=O) groups excluding carboxylic acids is 2. The number of benzene rings is 2. The van der Waals surface area contributed by atoms with Crippen LogP contribution in [0.1, 0.15) is 57.7 Å². The molecule has 2 aromatic carbocycles. The number of hydrogen-bond donors (Lipinski definition) is 0. The third kappa shape index (κ3) is 5.42. The van der Waals surface area contributed by atoms with Crippen LogP contribution in [0.4, 0.5) is 4.79 Å².